The predicted octanol–water partition coefficient (Wildman–Crippen LogP) is 5.23. The van der Waals surface area contributed by atoms with Crippen LogP contribution in [-0.2, 0) is 16.6 Å². The lowest BCUT2D eigenvalue weighted by molar-refractivity contribution is -0.130. The number of aromatic nitrogens is 3. The van der Waals surface area contributed by atoms with Crippen LogP contribution in [0.2, 0.25) is 0 Å². The Morgan fingerprint density at radius 3 is 2.69 bits per heavy atom. The van der Waals surface area contributed by atoms with Gasteiger partial charge in [0.15, 0.2) is 5.82 Å². The Morgan fingerprint density at radius 2 is 2.02 bits per heavy atom. The summed E-state index contributed by atoms with van der Waals surface area (Å²) in [7, 11) is 2.15. The van der Waals surface area contributed by atoms with Crippen molar-refractivity contribution in [2.75, 3.05) is 37.3 Å². The second-order valence-electron chi connectivity index (χ2n) is 13.0. The number of carbonyl (C=O) groups excluding carboxylic acids is 1. The Morgan fingerprint density at radius 1 is 1.27 bits per heavy atom. The fraction of sp³-hybridized carbons (Fsp3) is 0.545. The third kappa shape index (κ3) is 5.70. The van der Waals surface area contributed by atoms with Crippen LogP contribution >= 0.6 is 22.9 Å². The van der Waals surface area contributed by atoms with E-state index >= 15 is 0 Å². The molecule has 5 heterocycles. The van der Waals surface area contributed by atoms with Gasteiger partial charge in [0, 0.05) is 52.5 Å². The number of nitriles is 1. The molecule has 0 unspecified atom stereocenters. The Balaban J connectivity index is 1.37. The molecule has 1 aliphatic carbocycles. The minimum atomic E-state index is -0.361. The van der Waals surface area contributed by atoms with E-state index < -0.39 is 0 Å². The predicted molar refractivity (Wildman–Crippen MR) is 180 cm³/mol. The number of amides is 1. The van der Waals surface area contributed by atoms with Crippen molar-refractivity contribution < 1.29 is 9.53 Å². The van der Waals surface area contributed by atoms with Crippen LogP contribution in [0.4, 0.5) is 10.8 Å². The molecule has 5 atom stereocenters. The second-order valence-corrected chi connectivity index (χ2v) is 14.9. The molecule has 0 aromatic carbocycles. The molecular formula is C33H42N8O2S2. The monoisotopic (exact) mass is 646 g/mol. The summed E-state index contributed by atoms with van der Waals surface area (Å²) < 4.78 is 11.4. The van der Waals surface area contributed by atoms with Crippen molar-refractivity contribution in [3.05, 3.63) is 45.7 Å². The maximum Gasteiger partial charge on any atom is 0.246 e. The number of likely N-dealkylation sites (N-methyl/N-ethyl adjacent to an activating group) is 1. The van der Waals surface area contributed by atoms with E-state index in [0.29, 0.717) is 47.1 Å². The number of hydrogen-bond donors (Lipinski definition) is 1. The van der Waals surface area contributed by atoms with E-state index in [1.54, 1.807) is 11.3 Å². The molecule has 238 valence electrons. The van der Waals surface area contributed by atoms with Crippen molar-refractivity contribution in [1.82, 2.24) is 24.1 Å². The van der Waals surface area contributed by atoms with E-state index in [2.05, 4.69) is 63.3 Å². The van der Waals surface area contributed by atoms with Crippen molar-refractivity contribution in [3.63, 3.8) is 0 Å². The van der Waals surface area contributed by atoms with Crippen LogP contribution in [0.5, 0.6) is 5.88 Å². The molecule has 3 aromatic heterocycles. The van der Waals surface area contributed by atoms with Crippen LogP contribution in [0.3, 0.4) is 0 Å². The van der Waals surface area contributed by atoms with E-state index in [4.69, 9.17) is 24.8 Å². The number of nitrogens with zero attached hydrogens (tertiary/aromatic N) is 7. The molecule has 0 saturated carbocycles. The number of nitrogen functional groups attached to an aromatic ring is 1. The zero-order valence-electron chi connectivity index (χ0n) is 26.7. The summed E-state index contributed by atoms with van der Waals surface area (Å²) in [5, 5.41) is 10.6. The SMILES string of the molecule is C=CC(=O)N1[C@@H](C)CN(c2cc(O[C@@H](C)[C@@H]3CCCN3C)nc(-c3cc([C@@]4(C)CCCc5sc(N)c(C#N)c54)sn3)n2)C[C@@H]1C. The topological polar surface area (TPSA) is 124 Å². The molecule has 3 aliphatic rings. The number of hydrogen-bond acceptors (Lipinski definition) is 11. The fourth-order valence-corrected chi connectivity index (χ4v) is 9.67. The zero-order chi connectivity index (χ0) is 32.0. The minimum absolute atomic E-state index is 0.0215. The van der Waals surface area contributed by atoms with Gasteiger partial charge in [0.1, 0.15) is 28.7 Å². The third-order valence-corrected chi connectivity index (χ3v) is 12.0. The molecule has 2 fully saturated rings. The number of ether oxygens (including phenoxy) is 1. The van der Waals surface area contributed by atoms with E-state index in [0.717, 1.165) is 54.9 Å². The summed E-state index contributed by atoms with van der Waals surface area (Å²) >= 11 is 2.98. The summed E-state index contributed by atoms with van der Waals surface area (Å²) in [4.78, 5) is 31.3. The van der Waals surface area contributed by atoms with E-state index in [1.807, 2.05) is 11.0 Å². The quantitative estimate of drug-likeness (QED) is 0.344. The number of piperazine rings is 1. The van der Waals surface area contributed by atoms with Crippen LogP contribution in [-0.4, -0.2) is 81.0 Å². The largest absolute Gasteiger partial charge is 0.473 e. The Labute approximate surface area is 273 Å². The summed E-state index contributed by atoms with van der Waals surface area (Å²) in [5.74, 6) is 1.72. The van der Waals surface area contributed by atoms with Crippen molar-refractivity contribution in [2.45, 2.75) is 89.4 Å². The summed E-state index contributed by atoms with van der Waals surface area (Å²) in [6.07, 6.45) is 6.46. The molecule has 0 radical (unpaired) electrons. The lowest BCUT2D eigenvalue weighted by Gasteiger charge is -2.44. The van der Waals surface area contributed by atoms with Gasteiger partial charge in [-0.05, 0) is 95.7 Å². The van der Waals surface area contributed by atoms with E-state index in [9.17, 15) is 10.1 Å². The smallest absolute Gasteiger partial charge is 0.246 e. The first-order chi connectivity index (χ1) is 21.5. The highest BCUT2D eigenvalue weighted by Gasteiger charge is 2.40. The van der Waals surface area contributed by atoms with Gasteiger partial charge in [0.05, 0.1) is 5.56 Å². The Bertz CT molecular complexity index is 1630. The number of carbonyl (C=O) groups is 1. The van der Waals surface area contributed by atoms with Crippen molar-refractivity contribution in [1.29, 1.82) is 5.26 Å². The van der Waals surface area contributed by atoms with Crippen molar-refractivity contribution in [2.24, 2.45) is 0 Å². The van der Waals surface area contributed by atoms with Crippen LogP contribution < -0.4 is 15.4 Å². The highest BCUT2D eigenvalue weighted by Crippen LogP contribution is 2.50. The number of nitrogens with two attached hydrogens (primary N) is 1. The average Bonchev–Trinajstić information content (AvgIpc) is 3.75. The van der Waals surface area contributed by atoms with Gasteiger partial charge < -0.3 is 20.3 Å². The number of aryl methyl sites for hydroxylation is 1. The Hall–Kier alpha value is -3.53. The molecule has 2 N–H and O–H groups in total. The minimum Gasteiger partial charge on any atom is -0.473 e. The van der Waals surface area contributed by atoms with Crippen LogP contribution in [0.15, 0.2) is 24.8 Å². The number of fused-ring (bicyclic) bond motifs is 1. The lowest BCUT2D eigenvalue weighted by atomic mass is 9.71. The number of rotatable bonds is 7. The first-order valence-corrected chi connectivity index (χ1v) is 17.4. The van der Waals surface area contributed by atoms with Gasteiger partial charge in [-0.25, -0.2) is 4.98 Å². The van der Waals surface area contributed by atoms with Gasteiger partial charge in [0.25, 0.3) is 0 Å². The van der Waals surface area contributed by atoms with Crippen LogP contribution in [0.25, 0.3) is 11.5 Å². The normalized spacial score (nSPS) is 25.9. The fourth-order valence-electron chi connectivity index (χ4n) is 7.58. The van der Waals surface area contributed by atoms with Gasteiger partial charge in [-0.15, -0.1) is 11.3 Å². The molecule has 2 saturated heterocycles. The highest BCUT2D eigenvalue weighted by molar-refractivity contribution is 7.16. The summed E-state index contributed by atoms with van der Waals surface area (Å²) in [5.41, 5.74) is 8.27. The molecule has 10 nitrogen and oxygen atoms in total. The zero-order valence-corrected chi connectivity index (χ0v) is 28.4. The Kier molecular flexibility index (Phi) is 8.63. The maximum atomic E-state index is 12.6. The standard InChI is InChI=1S/C33H42N8O2S2/c1-7-29(42)41-19(2)17-40(18-20(41)3)27-15-28(43-21(4)24-10-9-13-39(24)6)37-32(36-27)23-14-26(45-38-23)33(5)12-8-11-25-30(33)22(16-34)31(35)44-25/h7,14-15,19-21,24H,1,8-13,17-18,35H2,2-6H3/t19-,20-,21-,24-,33+/m0/s1. The molecule has 1 amide bonds. The summed E-state index contributed by atoms with van der Waals surface area (Å²) in [6.45, 7) is 14.4. The maximum absolute atomic E-state index is 12.6. The van der Waals surface area contributed by atoms with Gasteiger partial charge >= 0.3 is 0 Å². The summed E-state index contributed by atoms with van der Waals surface area (Å²) in [6, 6.07) is 6.65. The van der Waals surface area contributed by atoms with Crippen molar-refractivity contribution in [3.8, 4) is 23.5 Å². The average molecular weight is 647 g/mol. The van der Waals surface area contributed by atoms with Crippen molar-refractivity contribution >= 4 is 39.6 Å². The van der Waals surface area contributed by atoms with Crippen LogP contribution in [0, 0.1) is 11.3 Å². The first kappa shape index (κ1) is 31.5. The van der Waals surface area contributed by atoms with Crippen LogP contribution in [0.1, 0.15) is 74.3 Å². The van der Waals surface area contributed by atoms with E-state index in [1.165, 1.54) is 22.5 Å². The molecule has 45 heavy (non-hydrogen) atoms. The molecule has 3 aromatic rings. The molecular weight excluding hydrogens is 605 g/mol. The van der Waals surface area contributed by atoms with Gasteiger partial charge in [-0.1, -0.05) is 13.5 Å². The third-order valence-electron chi connectivity index (χ3n) is 9.82. The molecule has 6 rings (SSSR count). The molecule has 2 aliphatic heterocycles. The molecule has 12 heteroatoms. The number of anilines is 2. The molecule has 0 spiro atoms. The highest BCUT2D eigenvalue weighted by atomic mass is 32.1. The second kappa shape index (κ2) is 12.3. The molecule has 0 bridgehead atoms. The number of likely N-dealkylation sites (tertiary alicyclic amines) is 1. The first-order valence-electron chi connectivity index (χ1n) is 15.8. The number of thiophene rings is 1. The van der Waals surface area contributed by atoms with Gasteiger partial charge in [-0.2, -0.15) is 14.6 Å². The van der Waals surface area contributed by atoms with E-state index in [-0.39, 0.29) is 29.5 Å². The van der Waals surface area contributed by atoms with Gasteiger partial charge in [-0.3, -0.25) is 9.69 Å². The lowest BCUT2D eigenvalue weighted by Crippen LogP contribution is -2.58. The van der Waals surface area contributed by atoms with Gasteiger partial charge in [0.2, 0.25) is 11.8 Å².